The van der Waals surface area contributed by atoms with Crippen molar-refractivity contribution in [1.29, 1.82) is 0 Å². The van der Waals surface area contributed by atoms with E-state index >= 15 is 0 Å². The van der Waals surface area contributed by atoms with Gasteiger partial charge in [0.15, 0.2) is 11.0 Å². The lowest BCUT2D eigenvalue weighted by Crippen LogP contribution is -2.38. The fourth-order valence-electron chi connectivity index (χ4n) is 3.76. The predicted octanol–water partition coefficient (Wildman–Crippen LogP) is 3.49. The zero-order valence-electron chi connectivity index (χ0n) is 20.8. The van der Waals surface area contributed by atoms with Crippen LogP contribution >= 0.6 is 11.6 Å². The van der Waals surface area contributed by atoms with Crippen molar-refractivity contribution in [3.63, 3.8) is 0 Å². The van der Waals surface area contributed by atoms with E-state index in [1.54, 1.807) is 31.5 Å². The molecule has 2 aromatic rings. The molecule has 0 spiro atoms. The highest BCUT2D eigenvalue weighted by Crippen LogP contribution is 2.28. The Morgan fingerprint density at radius 3 is 2.67 bits per heavy atom. The Balaban J connectivity index is 0.000000383. The number of halogens is 1. The molecule has 0 bridgehead atoms. The molecular weight excluding hydrogens is 480 g/mol. The summed E-state index contributed by atoms with van der Waals surface area (Å²) < 4.78 is 5.07. The van der Waals surface area contributed by atoms with Gasteiger partial charge in [0, 0.05) is 39.8 Å². The molecule has 4 rings (SSSR count). The van der Waals surface area contributed by atoms with Crippen LogP contribution in [0.25, 0.3) is 0 Å². The van der Waals surface area contributed by atoms with E-state index < -0.39 is 6.10 Å². The van der Waals surface area contributed by atoms with Crippen molar-refractivity contribution in [3.05, 3.63) is 77.4 Å². The lowest BCUT2D eigenvalue weighted by molar-refractivity contribution is 0.0335. The highest BCUT2D eigenvalue weighted by molar-refractivity contribution is 6.30. The molecule has 2 aliphatic rings. The average molecular weight is 515 g/mol. The standard InChI is InChI=1S/C21H29ClN4O2.C5H6N2O/c1-25(17-9-6-10-17)20-11-23-19(21(22)24-20)14-26(13-18(27)15-28-2)12-16-7-4-3-5-8-16;6-5-3-1-2-4-8-7-5/h3-5,7-8,11,17-18,27H,6,9-10,12-15H2,1-2H3;1-4H,(H2,6,7)/t18-;/m1./s1. The van der Waals surface area contributed by atoms with Gasteiger partial charge in [-0.05, 0) is 37.0 Å². The number of hydrogen-bond donors (Lipinski definition) is 2. The van der Waals surface area contributed by atoms with Gasteiger partial charge in [-0.2, -0.15) is 0 Å². The Kier molecular flexibility index (Phi) is 11.2. The van der Waals surface area contributed by atoms with E-state index in [2.05, 4.69) is 41.9 Å². The number of rotatable bonds is 10. The minimum absolute atomic E-state index is 0.288. The Hall–Kier alpha value is -2.98. The van der Waals surface area contributed by atoms with Crippen molar-refractivity contribution in [1.82, 2.24) is 14.9 Å². The second kappa shape index (κ2) is 14.5. The summed E-state index contributed by atoms with van der Waals surface area (Å²) in [4.78, 5) is 18.0. The molecule has 1 aliphatic carbocycles. The molecule has 0 amide bonds. The van der Waals surface area contributed by atoms with E-state index in [4.69, 9.17) is 22.1 Å². The third-order valence-corrected chi connectivity index (χ3v) is 6.20. The van der Waals surface area contributed by atoms with Gasteiger partial charge >= 0.3 is 0 Å². The molecule has 194 valence electrons. The third-order valence-electron chi connectivity index (χ3n) is 5.90. The van der Waals surface area contributed by atoms with Gasteiger partial charge in [-0.1, -0.05) is 53.2 Å². The molecule has 10 heteroatoms. The van der Waals surface area contributed by atoms with Crippen molar-refractivity contribution in [3.8, 4) is 0 Å². The number of methoxy groups -OCH3 is 1. The molecule has 1 atom stereocenters. The first-order valence-corrected chi connectivity index (χ1v) is 12.3. The number of nitrogens with two attached hydrogens (primary N) is 1. The van der Waals surface area contributed by atoms with Gasteiger partial charge in [0.05, 0.1) is 24.6 Å². The van der Waals surface area contributed by atoms with Crippen molar-refractivity contribution < 1.29 is 14.7 Å². The number of ether oxygens (including phenoxy) is 1. The van der Waals surface area contributed by atoms with Crippen LogP contribution in [0, 0.1) is 0 Å². The summed E-state index contributed by atoms with van der Waals surface area (Å²) in [6.45, 7) is 1.94. The minimum atomic E-state index is -0.579. The lowest BCUT2D eigenvalue weighted by atomic mass is 9.92. The summed E-state index contributed by atoms with van der Waals surface area (Å²) in [6, 6.07) is 10.7. The van der Waals surface area contributed by atoms with Crippen LogP contribution in [0.15, 0.2) is 66.2 Å². The number of aliphatic hydroxyl groups is 1. The van der Waals surface area contributed by atoms with E-state index in [0.717, 1.165) is 11.4 Å². The number of nitrogens with zero attached hydrogens (tertiary/aromatic N) is 5. The summed E-state index contributed by atoms with van der Waals surface area (Å²) in [5.41, 5.74) is 7.11. The van der Waals surface area contributed by atoms with Crippen molar-refractivity contribution in [2.24, 2.45) is 10.9 Å². The molecule has 0 unspecified atom stereocenters. The number of anilines is 1. The van der Waals surface area contributed by atoms with Crippen LogP contribution in [0.4, 0.5) is 5.82 Å². The van der Waals surface area contributed by atoms with Crippen LogP contribution in [0.2, 0.25) is 5.15 Å². The number of hydrogen-bond acceptors (Lipinski definition) is 9. The van der Waals surface area contributed by atoms with Gasteiger partial charge in [-0.15, -0.1) is 0 Å². The van der Waals surface area contributed by atoms with E-state index in [9.17, 15) is 5.11 Å². The lowest BCUT2D eigenvalue weighted by Gasteiger charge is -2.35. The fraction of sp³-hybridized carbons (Fsp3) is 0.423. The molecule has 0 saturated heterocycles. The first-order valence-electron chi connectivity index (χ1n) is 12.0. The number of amidine groups is 1. The Bertz CT molecular complexity index is 1030. The van der Waals surface area contributed by atoms with Gasteiger partial charge in [0.1, 0.15) is 12.1 Å². The highest BCUT2D eigenvalue weighted by atomic mass is 35.5. The molecule has 1 fully saturated rings. The molecule has 1 saturated carbocycles. The number of benzene rings is 1. The molecule has 2 heterocycles. The average Bonchev–Trinajstić information content (AvgIpc) is 3.08. The maximum Gasteiger partial charge on any atom is 0.163 e. The third kappa shape index (κ3) is 8.91. The number of oxime groups is 1. The van der Waals surface area contributed by atoms with E-state index in [0.29, 0.717) is 42.4 Å². The summed E-state index contributed by atoms with van der Waals surface area (Å²) in [5.74, 6) is 1.20. The predicted molar refractivity (Wildman–Crippen MR) is 143 cm³/mol. The largest absolute Gasteiger partial charge is 0.389 e. The van der Waals surface area contributed by atoms with Crippen LogP contribution in [-0.2, 0) is 22.7 Å². The zero-order chi connectivity index (χ0) is 25.8. The number of allylic oxidation sites excluding steroid dienone is 2. The molecule has 1 aromatic carbocycles. The van der Waals surface area contributed by atoms with Crippen molar-refractivity contribution >= 4 is 23.3 Å². The fourth-order valence-corrected chi connectivity index (χ4v) is 3.95. The number of aliphatic hydroxyl groups excluding tert-OH is 1. The highest BCUT2D eigenvalue weighted by Gasteiger charge is 2.24. The van der Waals surface area contributed by atoms with Crippen molar-refractivity contribution in [2.45, 2.75) is 44.5 Å². The Morgan fingerprint density at radius 2 is 2.00 bits per heavy atom. The quantitative estimate of drug-likeness (QED) is 0.496. The van der Waals surface area contributed by atoms with Crippen LogP contribution in [0.1, 0.15) is 30.5 Å². The molecule has 36 heavy (non-hydrogen) atoms. The van der Waals surface area contributed by atoms with E-state index in [1.807, 2.05) is 25.2 Å². The maximum atomic E-state index is 10.2. The first kappa shape index (κ1) is 27.6. The van der Waals surface area contributed by atoms with Crippen LogP contribution in [0.5, 0.6) is 0 Å². The molecule has 9 nitrogen and oxygen atoms in total. The molecule has 3 N–H and O–H groups in total. The number of aromatic nitrogens is 2. The molecular formula is C26H35ClN6O3. The van der Waals surface area contributed by atoms with Crippen LogP contribution in [-0.4, -0.2) is 65.3 Å². The smallest absolute Gasteiger partial charge is 0.163 e. The first-order chi connectivity index (χ1) is 17.5. The van der Waals surface area contributed by atoms with Gasteiger partial charge in [0.25, 0.3) is 0 Å². The van der Waals surface area contributed by atoms with E-state index in [1.165, 1.54) is 25.5 Å². The molecule has 0 radical (unpaired) electrons. The normalized spacial score (nSPS) is 15.8. The van der Waals surface area contributed by atoms with Crippen LogP contribution < -0.4 is 10.6 Å². The summed E-state index contributed by atoms with van der Waals surface area (Å²) >= 11 is 6.47. The van der Waals surface area contributed by atoms with Gasteiger partial charge in [-0.3, -0.25) is 9.88 Å². The topological polar surface area (TPSA) is 109 Å². The minimum Gasteiger partial charge on any atom is -0.389 e. The second-order valence-electron chi connectivity index (χ2n) is 8.73. The second-order valence-corrected chi connectivity index (χ2v) is 9.09. The Labute approximate surface area is 217 Å². The van der Waals surface area contributed by atoms with E-state index in [-0.39, 0.29) is 6.61 Å². The monoisotopic (exact) mass is 514 g/mol. The summed E-state index contributed by atoms with van der Waals surface area (Å²) in [6.07, 6.45) is 11.5. The van der Waals surface area contributed by atoms with Gasteiger partial charge in [0.2, 0.25) is 0 Å². The van der Waals surface area contributed by atoms with Crippen LogP contribution in [0.3, 0.4) is 0 Å². The molecule has 1 aliphatic heterocycles. The summed E-state index contributed by atoms with van der Waals surface area (Å²) in [7, 11) is 3.64. The molecule has 1 aromatic heterocycles. The van der Waals surface area contributed by atoms with Gasteiger partial charge in [-0.25, -0.2) is 4.98 Å². The van der Waals surface area contributed by atoms with Crippen molar-refractivity contribution in [2.75, 3.05) is 32.2 Å². The maximum absolute atomic E-state index is 10.2. The Morgan fingerprint density at radius 1 is 1.22 bits per heavy atom. The zero-order valence-corrected chi connectivity index (χ0v) is 21.6. The summed E-state index contributed by atoms with van der Waals surface area (Å²) in [5, 5.41) is 14.1. The SMILES string of the molecule is COC[C@H](O)CN(Cc1ccccc1)Cc1ncc(N(C)C2CCC2)nc1Cl.NC1=NOC=CC=C1. The van der Waals surface area contributed by atoms with Gasteiger partial charge < -0.3 is 25.3 Å².